The van der Waals surface area contributed by atoms with Crippen molar-refractivity contribution in [3.05, 3.63) is 96.6 Å². The molecule has 5 heteroatoms. The van der Waals surface area contributed by atoms with Gasteiger partial charge in [-0.2, -0.15) is 0 Å². The van der Waals surface area contributed by atoms with Gasteiger partial charge in [0.1, 0.15) is 0 Å². The Morgan fingerprint density at radius 1 is 0.732 bits per heavy atom. The molecule has 0 N–H and O–H groups in total. The second-order valence-electron chi connectivity index (χ2n) is 13.4. The minimum Gasteiger partial charge on any atom is -0.407 e. The molecule has 0 aliphatic carbocycles. The highest BCUT2D eigenvalue weighted by Gasteiger charge is 2.51. The first kappa shape index (κ1) is 31.6. The van der Waals surface area contributed by atoms with Crippen LogP contribution in [0.1, 0.15) is 61.0 Å². The van der Waals surface area contributed by atoms with Gasteiger partial charge < -0.3 is 18.6 Å². The van der Waals surface area contributed by atoms with Crippen molar-refractivity contribution < 1.29 is 18.6 Å². The van der Waals surface area contributed by atoms with Crippen LogP contribution in [0.5, 0.6) is 0 Å². The van der Waals surface area contributed by atoms with Gasteiger partial charge in [-0.1, -0.05) is 133 Å². The second-order valence-corrected chi connectivity index (χ2v) is 17.7. The Balaban J connectivity index is 1.52. The van der Waals surface area contributed by atoms with Crippen LogP contribution in [0.4, 0.5) is 0 Å². The maximum absolute atomic E-state index is 7.30. The van der Waals surface area contributed by atoms with E-state index in [4.69, 9.17) is 18.6 Å². The molecule has 0 aromatic heterocycles. The molecule has 3 aromatic rings. The van der Waals surface area contributed by atoms with Gasteiger partial charge in [0.25, 0.3) is 8.32 Å². The first-order valence-electron chi connectivity index (χ1n) is 15.2. The van der Waals surface area contributed by atoms with Crippen molar-refractivity contribution in [1.29, 1.82) is 0 Å². The molecule has 4 nitrogen and oxygen atoms in total. The maximum Gasteiger partial charge on any atom is 0.261 e. The van der Waals surface area contributed by atoms with Gasteiger partial charge in [-0.05, 0) is 34.8 Å². The highest BCUT2D eigenvalue weighted by molar-refractivity contribution is 6.99. The lowest BCUT2D eigenvalue weighted by Gasteiger charge is -2.49. The summed E-state index contributed by atoms with van der Waals surface area (Å²) < 4.78 is 26.6. The lowest BCUT2D eigenvalue weighted by molar-refractivity contribution is -0.336. The summed E-state index contributed by atoms with van der Waals surface area (Å²) in [6.07, 6.45) is 0.0216. The summed E-state index contributed by atoms with van der Waals surface area (Å²) in [5, 5.41) is 2.53. The molecular formula is C36H50O4Si. The minimum absolute atomic E-state index is 0.00135. The maximum atomic E-state index is 7.30. The van der Waals surface area contributed by atoms with Gasteiger partial charge in [-0.3, -0.25) is 0 Å². The Labute approximate surface area is 249 Å². The van der Waals surface area contributed by atoms with E-state index < -0.39 is 14.1 Å². The summed E-state index contributed by atoms with van der Waals surface area (Å²) in [5.74, 6) is -0.0867. The van der Waals surface area contributed by atoms with Crippen molar-refractivity contribution in [2.75, 3.05) is 13.2 Å². The van der Waals surface area contributed by atoms with Crippen LogP contribution in [-0.2, 0) is 25.2 Å². The van der Waals surface area contributed by atoms with Crippen LogP contribution in [0.3, 0.4) is 0 Å². The molecule has 0 spiro atoms. The predicted molar refractivity (Wildman–Crippen MR) is 171 cm³/mol. The summed E-state index contributed by atoms with van der Waals surface area (Å²) in [6.45, 7) is 19.7. The van der Waals surface area contributed by atoms with Crippen LogP contribution in [0.25, 0.3) is 0 Å². The summed E-state index contributed by atoms with van der Waals surface area (Å²) in [7, 11) is -2.63. The average Bonchev–Trinajstić information content (AvgIpc) is 2.95. The molecule has 0 unspecified atom stereocenters. The van der Waals surface area contributed by atoms with E-state index >= 15 is 0 Å². The fraction of sp³-hybridized carbons (Fsp3) is 0.500. The van der Waals surface area contributed by atoms with Crippen molar-refractivity contribution in [1.82, 2.24) is 0 Å². The SMILES string of the molecule is C[C@@H]1[C@@H]([C@H](C)COCc2ccccc2)OC(C)(C)O[C@@H]1[C@H](C)CO[Si](c1ccccc1)(c1ccccc1)C(C)(C)C. The Morgan fingerprint density at radius 2 is 1.17 bits per heavy atom. The Hall–Kier alpha value is -2.28. The topological polar surface area (TPSA) is 36.9 Å². The number of rotatable bonds is 11. The zero-order chi connectivity index (χ0) is 29.7. The average molecular weight is 575 g/mol. The Kier molecular flexibility index (Phi) is 10.3. The molecular weight excluding hydrogens is 524 g/mol. The second kappa shape index (κ2) is 13.3. The lowest BCUT2D eigenvalue weighted by atomic mass is 9.83. The molecule has 0 radical (unpaired) electrons. The van der Waals surface area contributed by atoms with Crippen LogP contribution in [0.2, 0.25) is 5.04 Å². The van der Waals surface area contributed by atoms with Crippen LogP contribution in [0, 0.1) is 17.8 Å². The van der Waals surface area contributed by atoms with E-state index in [1.54, 1.807) is 0 Å². The molecule has 4 rings (SSSR count). The smallest absolute Gasteiger partial charge is 0.261 e. The van der Waals surface area contributed by atoms with E-state index in [-0.39, 0.29) is 35.0 Å². The zero-order valence-corrected chi connectivity index (χ0v) is 27.3. The molecule has 0 saturated carbocycles. The molecule has 0 bridgehead atoms. The van der Waals surface area contributed by atoms with Crippen LogP contribution >= 0.6 is 0 Å². The third kappa shape index (κ3) is 7.39. The van der Waals surface area contributed by atoms with E-state index in [1.807, 2.05) is 19.9 Å². The zero-order valence-electron chi connectivity index (χ0n) is 26.3. The highest BCUT2D eigenvalue weighted by atomic mass is 28.4. The van der Waals surface area contributed by atoms with Crippen LogP contribution < -0.4 is 10.4 Å². The Bertz CT molecular complexity index is 1150. The summed E-state index contributed by atoms with van der Waals surface area (Å²) in [5.41, 5.74) is 1.19. The van der Waals surface area contributed by atoms with Gasteiger partial charge in [-0.15, -0.1) is 0 Å². The number of ether oxygens (including phenoxy) is 3. The Morgan fingerprint density at radius 3 is 1.63 bits per heavy atom. The fourth-order valence-electron chi connectivity index (χ4n) is 6.50. The standard InChI is InChI=1S/C36H50O4Si/c1-27(24-37-26-30-18-12-9-13-19-30)33-29(3)34(40-36(7,8)39-33)28(2)25-38-41(35(4,5)6,31-20-14-10-15-21-31)32-22-16-11-17-23-32/h9-23,27-29,33-34H,24-26H2,1-8H3/t27-,28-,29-,33-,34-/m1/s1. The third-order valence-electron chi connectivity index (χ3n) is 8.47. The minimum atomic E-state index is -2.63. The lowest BCUT2D eigenvalue weighted by Crippen LogP contribution is -2.67. The van der Waals surface area contributed by atoms with E-state index in [0.717, 1.165) is 0 Å². The van der Waals surface area contributed by atoms with Gasteiger partial charge in [-0.25, -0.2) is 0 Å². The summed E-state index contributed by atoms with van der Waals surface area (Å²) in [6, 6.07) is 32.0. The van der Waals surface area contributed by atoms with E-state index in [9.17, 15) is 0 Å². The van der Waals surface area contributed by atoms with Gasteiger partial charge in [0.05, 0.1) is 25.4 Å². The molecule has 1 fully saturated rings. The summed E-state index contributed by atoms with van der Waals surface area (Å²) in [4.78, 5) is 0. The van der Waals surface area contributed by atoms with E-state index in [2.05, 4.69) is 126 Å². The van der Waals surface area contributed by atoms with Crippen LogP contribution in [-0.4, -0.2) is 39.5 Å². The highest BCUT2D eigenvalue weighted by Crippen LogP contribution is 2.40. The van der Waals surface area contributed by atoms with Gasteiger partial charge in [0.2, 0.25) is 0 Å². The molecule has 222 valence electrons. The molecule has 1 saturated heterocycles. The molecule has 41 heavy (non-hydrogen) atoms. The van der Waals surface area contributed by atoms with Crippen molar-refractivity contribution in [2.45, 2.75) is 85.0 Å². The van der Waals surface area contributed by atoms with Gasteiger partial charge in [0, 0.05) is 24.4 Å². The number of hydrogen-bond donors (Lipinski definition) is 0. The normalized spacial score (nSPS) is 22.7. The largest absolute Gasteiger partial charge is 0.407 e. The quantitative estimate of drug-likeness (QED) is 0.227. The molecule has 1 aliphatic rings. The predicted octanol–water partition coefficient (Wildman–Crippen LogP) is 7.21. The van der Waals surface area contributed by atoms with Crippen molar-refractivity contribution >= 4 is 18.7 Å². The first-order valence-corrected chi connectivity index (χ1v) is 17.1. The van der Waals surface area contributed by atoms with Crippen LogP contribution in [0.15, 0.2) is 91.0 Å². The monoisotopic (exact) mass is 574 g/mol. The number of hydrogen-bond acceptors (Lipinski definition) is 4. The number of benzene rings is 3. The molecule has 1 aliphatic heterocycles. The first-order chi connectivity index (χ1) is 19.4. The van der Waals surface area contributed by atoms with Gasteiger partial charge in [0.15, 0.2) is 5.79 Å². The molecule has 1 heterocycles. The van der Waals surface area contributed by atoms with E-state index in [0.29, 0.717) is 19.8 Å². The van der Waals surface area contributed by atoms with Gasteiger partial charge >= 0.3 is 0 Å². The molecule has 5 atom stereocenters. The van der Waals surface area contributed by atoms with Crippen molar-refractivity contribution in [3.63, 3.8) is 0 Å². The molecule has 0 amide bonds. The fourth-order valence-corrected chi connectivity index (χ4v) is 11.2. The molecule has 3 aromatic carbocycles. The third-order valence-corrected chi connectivity index (χ3v) is 13.5. The van der Waals surface area contributed by atoms with Crippen molar-refractivity contribution in [2.24, 2.45) is 17.8 Å². The van der Waals surface area contributed by atoms with E-state index in [1.165, 1.54) is 15.9 Å². The van der Waals surface area contributed by atoms with Crippen molar-refractivity contribution in [3.8, 4) is 0 Å². The summed E-state index contributed by atoms with van der Waals surface area (Å²) >= 11 is 0.